The molecule has 0 radical (unpaired) electrons. The Morgan fingerprint density at radius 3 is 1.27 bits per heavy atom. The van der Waals surface area contributed by atoms with Crippen molar-refractivity contribution >= 4 is 90.9 Å². The zero-order valence-corrected chi connectivity index (χ0v) is 54.4. The van der Waals surface area contributed by atoms with Crippen LogP contribution in [0.2, 0.25) is 0 Å². The van der Waals surface area contributed by atoms with Gasteiger partial charge in [0.05, 0.1) is 63.4 Å². The molecule has 0 spiro atoms. The lowest BCUT2D eigenvalue weighted by Gasteiger charge is -2.32. The zero-order valence-electron chi connectivity index (χ0n) is 52.8. The summed E-state index contributed by atoms with van der Waals surface area (Å²) >= 11 is 3.48. The summed E-state index contributed by atoms with van der Waals surface area (Å²) in [5, 5.41) is 22.0. The van der Waals surface area contributed by atoms with Crippen LogP contribution in [0.4, 0.5) is 27.0 Å². The molecular weight excluding hydrogens is 1230 g/mol. The molecule has 7 heterocycles. The molecule has 480 valence electrons. The predicted octanol–water partition coefficient (Wildman–Crippen LogP) is 17.3. The molecule has 0 saturated carbocycles. The Hall–Kier alpha value is -10.0. The van der Waals surface area contributed by atoms with Crippen LogP contribution >= 0.6 is 15.9 Å². The largest absolute Gasteiger partial charge is 0.495 e. The Bertz CT molecular complexity index is 4430. The van der Waals surface area contributed by atoms with E-state index in [1.54, 1.807) is 45.4 Å². The highest BCUT2D eigenvalue weighted by molar-refractivity contribution is 9.10. The summed E-state index contributed by atoms with van der Waals surface area (Å²) in [5.41, 5.74) is 15.0. The van der Waals surface area contributed by atoms with Crippen molar-refractivity contribution in [2.75, 3.05) is 16.4 Å². The van der Waals surface area contributed by atoms with Gasteiger partial charge in [-0.05, 0) is 194 Å². The number of nitrogens with zero attached hydrogens (tertiary/aromatic N) is 9. The van der Waals surface area contributed by atoms with Crippen LogP contribution in [-0.4, -0.2) is 86.0 Å². The van der Waals surface area contributed by atoms with Crippen LogP contribution in [0.15, 0.2) is 224 Å². The van der Waals surface area contributed by atoms with E-state index in [0.717, 1.165) is 82.0 Å². The van der Waals surface area contributed by atoms with Gasteiger partial charge in [0.2, 0.25) is 0 Å². The number of carbonyl (C=O) groups is 2. The van der Waals surface area contributed by atoms with Crippen molar-refractivity contribution in [2.24, 2.45) is 0 Å². The van der Waals surface area contributed by atoms with Gasteiger partial charge in [0.25, 0.3) is 0 Å². The van der Waals surface area contributed by atoms with Crippen LogP contribution in [-0.2, 0) is 18.8 Å². The molecule has 0 unspecified atom stereocenters. The van der Waals surface area contributed by atoms with Crippen molar-refractivity contribution in [1.29, 1.82) is 0 Å². The summed E-state index contributed by atoms with van der Waals surface area (Å²) in [5.74, 6) is 1.36. The Labute approximate surface area is 553 Å². The van der Waals surface area contributed by atoms with Gasteiger partial charge in [-0.3, -0.25) is 10.6 Å². The number of anilines is 3. The monoisotopic (exact) mass is 1310 g/mol. The number of rotatable bonds is 8. The third-order valence-corrected chi connectivity index (χ3v) is 14.9. The Balaban J connectivity index is 0.000000177. The van der Waals surface area contributed by atoms with Crippen LogP contribution in [0.3, 0.4) is 0 Å². The third-order valence-electron chi connectivity index (χ3n) is 14.5. The minimum atomic E-state index is -0.567. The van der Waals surface area contributed by atoms with Gasteiger partial charge in [-0.2, -0.15) is 15.3 Å². The summed E-state index contributed by atoms with van der Waals surface area (Å²) in [6.07, 6.45) is 9.54. The molecule has 1 fully saturated rings. The lowest BCUT2D eigenvalue weighted by atomic mass is 9.80. The molecule has 0 aliphatic carbocycles. The number of para-hydroxylation sites is 3. The first-order valence-corrected chi connectivity index (χ1v) is 30.0. The van der Waals surface area contributed by atoms with E-state index >= 15 is 0 Å². The molecule has 93 heavy (non-hydrogen) atoms. The van der Waals surface area contributed by atoms with E-state index in [1.807, 2.05) is 221 Å². The van der Waals surface area contributed by atoms with E-state index in [4.69, 9.17) is 24.5 Å². The topological polar surface area (TPSA) is 213 Å². The fourth-order valence-corrected chi connectivity index (χ4v) is 9.83. The third kappa shape index (κ3) is 17.9. The second kappa shape index (κ2) is 30.0. The van der Waals surface area contributed by atoms with Crippen molar-refractivity contribution in [3.05, 3.63) is 231 Å². The van der Waals surface area contributed by atoms with E-state index < -0.39 is 41.7 Å². The van der Waals surface area contributed by atoms with Gasteiger partial charge in [-0.15, -0.1) is 0 Å². The molecule has 18 nitrogen and oxygen atoms in total. The number of hydrogen-bond donors (Lipinski definition) is 3. The molecule has 6 aromatic heterocycles. The first-order valence-electron chi connectivity index (χ1n) is 29.2. The fraction of sp³-hybridized carbons (Fsp3) is 0.219. The van der Waals surface area contributed by atoms with Gasteiger partial charge in [-0.25, -0.2) is 38.6 Å². The summed E-state index contributed by atoms with van der Waals surface area (Å²) in [6.45, 7) is 18.9. The molecule has 2 amide bonds. The van der Waals surface area contributed by atoms with Crippen LogP contribution < -0.4 is 21.8 Å². The molecule has 6 aromatic carbocycles. The minimum absolute atomic E-state index is 0. The van der Waals surface area contributed by atoms with E-state index in [0.29, 0.717) is 17.5 Å². The number of nitrogen functional groups attached to an aromatic ring is 1. The maximum absolute atomic E-state index is 12.0. The molecule has 0 atom stereocenters. The van der Waals surface area contributed by atoms with Crippen molar-refractivity contribution in [1.82, 2.24) is 44.3 Å². The Morgan fingerprint density at radius 2 is 0.849 bits per heavy atom. The van der Waals surface area contributed by atoms with Gasteiger partial charge < -0.3 is 31.9 Å². The maximum Gasteiger partial charge on any atom is 0.495 e. The van der Waals surface area contributed by atoms with E-state index in [9.17, 15) is 9.59 Å². The van der Waals surface area contributed by atoms with Crippen LogP contribution in [0.25, 0.3) is 72.0 Å². The molecule has 12 aromatic rings. The number of nitrogens with two attached hydrogens (primary N) is 1. The molecule has 0 bridgehead atoms. The van der Waals surface area contributed by atoms with Gasteiger partial charge in [-0.1, -0.05) is 116 Å². The van der Waals surface area contributed by atoms with Gasteiger partial charge in [0.15, 0.2) is 0 Å². The number of amides is 2. The SMILES string of the molecule is Brc1ccc2cnn(-c3ccccc3)c2c1.C.C.CC(C)(C)OC(=O)Nc1cc(-c2ccc3cnn(-c4ccccc4)c3c2)ccn1.CC(C)(C)OC(=O)Nc1cc(B2OC(C)(C)C(C)(C)O2)ccn1.Nc1cc(-c2ccc3cnn(-c4ccccc4)c3c2)ccn1.[CH3-]. The van der Waals surface area contributed by atoms with Crippen LogP contribution in [0.1, 0.15) is 84.1 Å². The summed E-state index contributed by atoms with van der Waals surface area (Å²) < 4.78 is 29.4. The first kappa shape index (κ1) is 70.4. The predicted molar refractivity (Wildman–Crippen MR) is 381 cm³/mol. The number of ether oxygens (including phenoxy) is 2. The smallest absolute Gasteiger partial charge is 0.444 e. The second-order valence-electron chi connectivity index (χ2n) is 24.1. The number of fused-ring (bicyclic) bond motifs is 3. The second-order valence-corrected chi connectivity index (χ2v) is 25.1. The molecule has 4 N–H and O–H groups in total. The fourth-order valence-electron chi connectivity index (χ4n) is 9.48. The number of carbonyl (C=O) groups excluding carboxylic acids is 2. The van der Waals surface area contributed by atoms with Crippen LogP contribution in [0.5, 0.6) is 0 Å². The van der Waals surface area contributed by atoms with E-state index in [1.165, 1.54) is 0 Å². The molecule has 1 saturated heterocycles. The number of halogens is 1. The van der Waals surface area contributed by atoms with Gasteiger partial charge >= 0.3 is 19.3 Å². The standard InChI is InChI=1S/C23H22N4O2.C18H14N4.C16H25BN2O4.C13H9BrN2.2CH4.CH3/c1-23(2,3)29-22(28)26-21-14-17(11-12-24-21)16-9-10-18-15-25-27(20(18)13-16)19-7-5-4-6-8-19;19-18-11-14(8-9-20-18)13-6-7-15-12-21-22(17(15)10-13)16-4-2-1-3-5-16;1-14(2,3)21-13(20)19-12-10-11(8-9-18-12)17-22-15(4,5)16(6,7)23-17;14-11-7-6-10-9-15-16(13(10)8-11)12-4-2-1-3-5-12;;;/h4-15H,1-3H3,(H,24,26,28);1-12H,(H2,19,20);8-10H,1-7H3,(H,18,19,20);1-9H;2*1H4;1H3/q;;;;;;-1. The number of nitrogens with one attached hydrogen (secondary N) is 2. The van der Waals surface area contributed by atoms with Crippen LogP contribution in [0, 0.1) is 7.43 Å². The molecule has 1 aliphatic rings. The number of aromatic nitrogens is 9. The molecule has 13 rings (SSSR count). The summed E-state index contributed by atoms with van der Waals surface area (Å²) in [4.78, 5) is 36.3. The zero-order chi connectivity index (χ0) is 63.8. The quantitative estimate of drug-likeness (QED) is 0.0955. The van der Waals surface area contributed by atoms with Crippen molar-refractivity contribution in [3.8, 4) is 39.3 Å². The van der Waals surface area contributed by atoms with Gasteiger partial charge in [0, 0.05) is 39.2 Å². The van der Waals surface area contributed by atoms with Crippen molar-refractivity contribution in [2.45, 2.75) is 106 Å². The Kier molecular flexibility index (Phi) is 22.7. The normalized spacial score (nSPS) is 12.8. The highest BCUT2D eigenvalue weighted by Crippen LogP contribution is 2.37. The summed E-state index contributed by atoms with van der Waals surface area (Å²) in [7, 11) is -0.498. The van der Waals surface area contributed by atoms with Crippen molar-refractivity contribution in [3.63, 3.8) is 0 Å². The van der Waals surface area contributed by atoms with Gasteiger partial charge in [0.1, 0.15) is 28.7 Å². The number of benzene rings is 6. The van der Waals surface area contributed by atoms with E-state index in [-0.39, 0.29) is 22.3 Å². The summed E-state index contributed by atoms with van der Waals surface area (Å²) in [6, 6.07) is 60.0. The maximum atomic E-state index is 12.0. The highest BCUT2D eigenvalue weighted by Gasteiger charge is 2.51. The lowest BCUT2D eigenvalue weighted by Crippen LogP contribution is -2.41. The molecule has 1 aliphatic heterocycles. The number of pyridine rings is 3. The average molecular weight is 1310 g/mol. The number of hydrogen-bond acceptors (Lipinski definition) is 13. The van der Waals surface area contributed by atoms with E-state index in [2.05, 4.69) is 93.2 Å². The van der Waals surface area contributed by atoms with Crippen molar-refractivity contribution < 1.29 is 28.4 Å². The highest BCUT2D eigenvalue weighted by atomic mass is 79.9. The lowest BCUT2D eigenvalue weighted by molar-refractivity contribution is 0.00578. The first-order chi connectivity index (χ1) is 42.9. The minimum Gasteiger partial charge on any atom is -0.444 e. The molecular formula is C73H81BBrN12O6-. The Morgan fingerprint density at radius 1 is 0.484 bits per heavy atom. The average Bonchev–Trinajstić information content (AvgIpc) is 1.68. The molecule has 20 heteroatoms.